The second-order valence-electron chi connectivity index (χ2n) is 9.11. The summed E-state index contributed by atoms with van der Waals surface area (Å²) in [5.41, 5.74) is 1.80. The minimum atomic E-state index is 0.318. The zero-order valence-corrected chi connectivity index (χ0v) is 23.0. The first-order valence-corrected chi connectivity index (χ1v) is 14.0. The Hall–Kier alpha value is -3.35. The molecular weight excluding hydrogens is 460 g/mol. The van der Waals surface area contributed by atoms with Gasteiger partial charge < -0.3 is 8.83 Å². The summed E-state index contributed by atoms with van der Waals surface area (Å²) in [6.45, 7) is 12.5. The Bertz CT molecular complexity index is 1700. The number of fused-ring (bicyclic) bond motifs is 9. The summed E-state index contributed by atoms with van der Waals surface area (Å²) in [6, 6.07) is 21.4. The fourth-order valence-electron chi connectivity index (χ4n) is 4.29. The molecule has 0 radical (unpaired) electrons. The van der Waals surface area contributed by atoms with E-state index in [0.29, 0.717) is 5.92 Å². The topological polar surface area (TPSA) is 26.3 Å². The quantitative estimate of drug-likeness (QED) is 0.168. The van der Waals surface area contributed by atoms with Crippen molar-refractivity contribution in [1.29, 1.82) is 0 Å². The average Bonchev–Trinajstić information content (AvgIpc) is 3.55. The van der Waals surface area contributed by atoms with Gasteiger partial charge in [0.05, 0.1) is 6.26 Å². The lowest BCUT2D eigenvalue weighted by molar-refractivity contribution is 0.601. The summed E-state index contributed by atoms with van der Waals surface area (Å²) < 4.78 is 11.5. The van der Waals surface area contributed by atoms with Gasteiger partial charge in [0.15, 0.2) is 5.76 Å². The molecule has 3 heteroatoms. The van der Waals surface area contributed by atoms with Crippen LogP contribution in [-0.2, 0) is 0 Å². The van der Waals surface area contributed by atoms with Crippen LogP contribution in [0.1, 0.15) is 47.3 Å². The van der Waals surface area contributed by atoms with Crippen molar-refractivity contribution in [3.63, 3.8) is 0 Å². The maximum absolute atomic E-state index is 5.96. The maximum Gasteiger partial charge on any atom is 0.178 e. The van der Waals surface area contributed by atoms with Crippen LogP contribution in [0, 0.1) is 17.8 Å². The van der Waals surface area contributed by atoms with Gasteiger partial charge in [-0.2, -0.15) is 11.8 Å². The summed E-state index contributed by atoms with van der Waals surface area (Å²) in [7, 11) is 0. The van der Waals surface area contributed by atoms with Crippen LogP contribution in [-0.4, -0.2) is 11.5 Å². The van der Waals surface area contributed by atoms with Gasteiger partial charge in [-0.05, 0) is 67.9 Å². The molecule has 0 aliphatic carbocycles. The molecule has 0 spiro atoms. The summed E-state index contributed by atoms with van der Waals surface area (Å²) in [4.78, 5) is 0. The van der Waals surface area contributed by atoms with Crippen LogP contribution in [0.4, 0.5) is 0 Å². The predicted octanol–water partition coefficient (Wildman–Crippen LogP) is 10.4. The summed E-state index contributed by atoms with van der Waals surface area (Å²) in [5, 5.41) is 10.5. The van der Waals surface area contributed by atoms with E-state index in [2.05, 4.69) is 100 Å². The number of thioether (sulfide) groups is 1. The van der Waals surface area contributed by atoms with Crippen molar-refractivity contribution >= 4 is 66.0 Å². The van der Waals surface area contributed by atoms with Gasteiger partial charge in [-0.25, -0.2) is 0 Å². The second kappa shape index (κ2) is 11.1. The largest absolute Gasteiger partial charge is 0.464 e. The van der Waals surface area contributed by atoms with E-state index in [1.54, 1.807) is 6.26 Å². The molecule has 0 bridgehead atoms. The van der Waals surface area contributed by atoms with Crippen molar-refractivity contribution in [2.24, 2.45) is 5.92 Å². The van der Waals surface area contributed by atoms with Crippen molar-refractivity contribution in [2.45, 2.75) is 46.8 Å². The van der Waals surface area contributed by atoms with Gasteiger partial charge in [0, 0.05) is 22.8 Å². The molecule has 2 heterocycles. The first-order valence-electron chi connectivity index (χ1n) is 12.7. The number of benzene rings is 4. The molecule has 0 aliphatic rings. The van der Waals surface area contributed by atoms with Crippen molar-refractivity contribution in [3.05, 3.63) is 72.7 Å². The van der Waals surface area contributed by atoms with E-state index >= 15 is 0 Å². The Morgan fingerprint density at radius 1 is 0.639 bits per heavy atom. The number of hydrogen-bond donors (Lipinski definition) is 0. The number of furan rings is 2. The minimum Gasteiger partial charge on any atom is -0.464 e. The van der Waals surface area contributed by atoms with Gasteiger partial charge in [0.25, 0.3) is 0 Å². The van der Waals surface area contributed by atoms with Crippen LogP contribution in [0.3, 0.4) is 0 Å². The van der Waals surface area contributed by atoms with E-state index in [-0.39, 0.29) is 0 Å². The van der Waals surface area contributed by atoms with Gasteiger partial charge >= 0.3 is 0 Å². The SMILES string of the molecule is CC.CC(C)C#Cc1cc2c(ccc3c2ccc2c4ccc5occc5c4ccc32)o1.CSC(C)C. The Morgan fingerprint density at radius 2 is 1.11 bits per heavy atom. The van der Waals surface area contributed by atoms with Gasteiger partial charge in [-0.15, -0.1) is 0 Å². The second-order valence-corrected chi connectivity index (χ2v) is 10.5. The molecule has 0 atom stereocenters. The monoisotopic (exact) mass is 494 g/mol. The molecule has 4 aromatic carbocycles. The first kappa shape index (κ1) is 25.7. The van der Waals surface area contributed by atoms with Crippen LogP contribution >= 0.6 is 11.8 Å². The molecule has 184 valence electrons. The van der Waals surface area contributed by atoms with Crippen molar-refractivity contribution in [2.75, 3.05) is 6.26 Å². The van der Waals surface area contributed by atoms with E-state index in [1.807, 2.05) is 31.7 Å². The lowest BCUT2D eigenvalue weighted by Crippen LogP contribution is -1.82. The fourth-order valence-corrected chi connectivity index (χ4v) is 4.29. The van der Waals surface area contributed by atoms with Crippen LogP contribution in [0.5, 0.6) is 0 Å². The third-order valence-electron chi connectivity index (χ3n) is 6.08. The average molecular weight is 495 g/mol. The van der Waals surface area contributed by atoms with Crippen molar-refractivity contribution in [1.82, 2.24) is 0 Å². The highest BCUT2D eigenvalue weighted by atomic mass is 32.2. The molecule has 2 aromatic heterocycles. The van der Waals surface area contributed by atoms with Crippen LogP contribution in [0.15, 0.2) is 75.8 Å². The molecule has 0 saturated carbocycles. The Morgan fingerprint density at radius 3 is 1.64 bits per heavy atom. The predicted molar refractivity (Wildman–Crippen MR) is 160 cm³/mol. The summed E-state index contributed by atoms with van der Waals surface area (Å²) in [5.74, 6) is 7.37. The van der Waals surface area contributed by atoms with Crippen molar-refractivity contribution in [3.8, 4) is 11.8 Å². The smallest absolute Gasteiger partial charge is 0.178 e. The third kappa shape index (κ3) is 4.97. The van der Waals surface area contributed by atoms with E-state index in [4.69, 9.17) is 8.83 Å². The van der Waals surface area contributed by atoms with Gasteiger partial charge in [0.2, 0.25) is 0 Å². The molecule has 0 unspecified atom stereocenters. The van der Waals surface area contributed by atoms with E-state index in [9.17, 15) is 0 Å². The zero-order valence-electron chi connectivity index (χ0n) is 22.2. The molecule has 6 aromatic rings. The summed E-state index contributed by atoms with van der Waals surface area (Å²) >= 11 is 1.88. The molecule has 0 fully saturated rings. The van der Waals surface area contributed by atoms with Crippen LogP contribution < -0.4 is 0 Å². The highest BCUT2D eigenvalue weighted by Crippen LogP contribution is 2.37. The zero-order chi connectivity index (χ0) is 25.8. The first-order chi connectivity index (χ1) is 17.5. The molecule has 2 nitrogen and oxygen atoms in total. The fraction of sp³-hybridized carbons (Fsp3) is 0.273. The number of rotatable bonds is 1. The minimum absolute atomic E-state index is 0.318. The van der Waals surface area contributed by atoms with Crippen LogP contribution in [0.2, 0.25) is 0 Å². The van der Waals surface area contributed by atoms with E-state index < -0.39 is 0 Å². The molecular formula is C33H34O2S. The highest BCUT2D eigenvalue weighted by Gasteiger charge is 2.12. The molecule has 0 saturated heterocycles. The van der Waals surface area contributed by atoms with Crippen LogP contribution in [0.25, 0.3) is 54.3 Å². The molecule has 0 N–H and O–H groups in total. The lowest BCUT2D eigenvalue weighted by Gasteiger charge is -2.08. The molecule has 6 rings (SSSR count). The Balaban J connectivity index is 0.000000391. The lowest BCUT2D eigenvalue weighted by atomic mass is 9.95. The molecule has 36 heavy (non-hydrogen) atoms. The number of hydrogen-bond acceptors (Lipinski definition) is 3. The molecule has 0 amide bonds. The maximum atomic E-state index is 5.96. The Labute approximate surface area is 218 Å². The van der Waals surface area contributed by atoms with E-state index in [1.165, 1.54) is 32.3 Å². The standard InChI is InChI=1S/C27H18O2.C4H10S.C2H6/c1-16(2)3-4-17-15-25-23-8-6-18-19(21(23)10-12-27(25)29-17)5-7-22-20(18)9-11-26-24(22)13-14-28-26;1-4(2)5-3;1-2/h5-16H,1-2H3;4H,1-3H3;1-2H3. The van der Waals surface area contributed by atoms with Gasteiger partial charge in [-0.3, -0.25) is 0 Å². The Kier molecular flexibility index (Phi) is 7.97. The third-order valence-corrected chi connectivity index (χ3v) is 7.02. The van der Waals surface area contributed by atoms with E-state index in [0.717, 1.165) is 32.9 Å². The van der Waals surface area contributed by atoms with Gasteiger partial charge in [0.1, 0.15) is 11.2 Å². The highest BCUT2D eigenvalue weighted by molar-refractivity contribution is 7.99. The van der Waals surface area contributed by atoms with Gasteiger partial charge in [-0.1, -0.05) is 83.9 Å². The van der Waals surface area contributed by atoms with Crippen molar-refractivity contribution < 1.29 is 8.83 Å². The normalized spacial score (nSPS) is 11.0. The summed E-state index contributed by atoms with van der Waals surface area (Å²) in [6.07, 6.45) is 3.87. The molecule has 0 aliphatic heterocycles.